The summed E-state index contributed by atoms with van der Waals surface area (Å²) in [5.41, 5.74) is 2.43. The van der Waals surface area contributed by atoms with Gasteiger partial charge in [-0.15, -0.1) is 0 Å². The van der Waals surface area contributed by atoms with E-state index in [1.54, 1.807) is 31.2 Å². The molecule has 0 spiro atoms. The SMILES string of the molecule is Cc1ccc(OC(C)C(=O)Nc2cccc(CN3C(=O)CNC3=O)c2)cc1. The highest BCUT2D eigenvalue weighted by molar-refractivity contribution is 6.01. The van der Waals surface area contributed by atoms with Gasteiger partial charge in [-0.25, -0.2) is 4.79 Å². The smallest absolute Gasteiger partial charge is 0.324 e. The summed E-state index contributed by atoms with van der Waals surface area (Å²) in [7, 11) is 0. The van der Waals surface area contributed by atoms with Gasteiger partial charge >= 0.3 is 6.03 Å². The molecule has 0 aromatic heterocycles. The fraction of sp³-hybridized carbons (Fsp3) is 0.250. The molecular formula is C20H21N3O4. The molecule has 1 heterocycles. The molecule has 0 saturated carbocycles. The van der Waals surface area contributed by atoms with Crippen LogP contribution in [0.5, 0.6) is 5.75 Å². The number of imide groups is 1. The van der Waals surface area contributed by atoms with Gasteiger partial charge in [-0.1, -0.05) is 29.8 Å². The van der Waals surface area contributed by atoms with E-state index < -0.39 is 12.1 Å². The van der Waals surface area contributed by atoms with Crippen LogP contribution in [0.3, 0.4) is 0 Å². The Bertz CT molecular complexity index is 848. The summed E-state index contributed by atoms with van der Waals surface area (Å²) in [6.07, 6.45) is -0.678. The van der Waals surface area contributed by atoms with Crippen LogP contribution in [0, 0.1) is 6.92 Å². The number of ether oxygens (including phenoxy) is 1. The average molecular weight is 367 g/mol. The monoisotopic (exact) mass is 367 g/mol. The van der Waals surface area contributed by atoms with E-state index >= 15 is 0 Å². The van der Waals surface area contributed by atoms with Gasteiger partial charge in [0.25, 0.3) is 5.91 Å². The lowest BCUT2D eigenvalue weighted by Crippen LogP contribution is -2.31. The summed E-state index contributed by atoms with van der Waals surface area (Å²) in [4.78, 5) is 36.9. The number of hydrogen-bond donors (Lipinski definition) is 2. The Morgan fingerprint density at radius 2 is 1.96 bits per heavy atom. The molecule has 7 heteroatoms. The quantitative estimate of drug-likeness (QED) is 0.768. The molecule has 2 N–H and O–H groups in total. The minimum absolute atomic E-state index is 0.0170. The Balaban J connectivity index is 1.61. The standard InChI is InChI=1S/C20H21N3O4/c1-13-6-8-17(9-7-13)27-14(2)19(25)22-16-5-3-4-15(10-16)12-23-18(24)11-21-20(23)26/h3-10,14H,11-12H2,1-2H3,(H,21,26)(H,22,25). The minimum Gasteiger partial charge on any atom is -0.481 e. The number of hydrogen-bond acceptors (Lipinski definition) is 4. The van der Waals surface area contributed by atoms with Crippen LogP contribution in [0.1, 0.15) is 18.1 Å². The molecule has 4 amide bonds. The number of aryl methyl sites for hydroxylation is 1. The third-order valence-corrected chi connectivity index (χ3v) is 4.18. The lowest BCUT2D eigenvalue weighted by Gasteiger charge is -2.16. The van der Waals surface area contributed by atoms with Crippen LogP contribution in [0.25, 0.3) is 0 Å². The van der Waals surface area contributed by atoms with Crippen molar-refractivity contribution < 1.29 is 19.1 Å². The number of anilines is 1. The molecule has 7 nitrogen and oxygen atoms in total. The van der Waals surface area contributed by atoms with E-state index in [4.69, 9.17) is 4.74 Å². The number of nitrogens with zero attached hydrogens (tertiary/aromatic N) is 1. The summed E-state index contributed by atoms with van der Waals surface area (Å²) in [5, 5.41) is 5.27. The first kappa shape index (κ1) is 18.4. The van der Waals surface area contributed by atoms with E-state index in [9.17, 15) is 14.4 Å². The van der Waals surface area contributed by atoms with E-state index in [0.29, 0.717) is 11.4 Å². The van der Waals surface area contributed by atoms with Crippen LogP contribution in [0.2, 0.25) is 0 Å². The fourth-order valence-electron chi connectivity index (χ4n) is 2.66. The van der Waals surface area contributed by atoms with Gasteiger partial charge in [0.1, 0.15) is 5.75 Å². The van der Waals surface area contributed by atoms with E-state index in [1.807, 2.05) is 31.2 Å². The van der Waals surface area contributed by atoms with E-state index in [1.165, 1.54) is 0 Å². The minimum atomic E-state index is -0.678. The molecule has 2 aromatic rings. The molecule has 2 aromatic carbocycles. The van der Waals surface area contributed by atoms with Crippen molar-refractivity contribution in [1.29, 1.82) is 0 Å². The number of benzene rings is 2. The maximum Gasteiger partial charge on any atom is 0.324 e. The van der Waals surface area contributed by atoms with Gasteiger partial charge in [-0.3, -0.25) is 14.5 Å². The average Bonchev–Trinajstić information content (AvgIpc) is 2.96. The highest BCUT2D eigenvalue weighted by atomic mass is 16.5. The van der Waals surface area contributed by atoms with Crippen molar-refractivity contribution in [1.82, 2.24) is 10.2 Å². The summed E-state index contributed by atoms with van der Waals surface area (Å²) in [6.45, 7) is 3.82. The number of carbonyl (C=O) groups excluding carboxylic acids is 3. The molecule has 3 rings (SSSR count). The second-order valence-corrected chi connectivity index (χ2v) is 6.40. The van der Waals surface area contributed by atoms with E-state index in [0.717, 1.165) is 16.0 Å². The highest BCUT2D eigenvalue weighted by Gasteiger charge is 2.28. The molecule has 1 aliphatic rings. The van der Waals surface area contributed by atoms with E-state index in [-0.39, 0.29) is 24.9 Å². The first-order chi connectivity index (χ1) is 12.9. The fourth-order valence-corrected chi connectivity index (χ4v) is 2.66. The van der Waals surface area contributed by atoms with Crippen molar-refractivity contribution in [2.24, 2.45) is 0 Å². The Kier molecular flexibility index (Phi) is 5.40. The van der Waals surface area contributed by atoms with Crippen molar-refractivity contribution in [3.63, 3.8) is 0 Å². The van der Waals surface area contributed by atoms with Gasteiger partial charge in [0, 0.05) is 5.69 Å². The third-order valence-electron chi connectivity index (χ3n) is 4.18. The van der Waals surface area contributed by atoms with Crippen molar-refractivity contribution in [2.45, 2.75) is 26.5 Å². The number of carbonyl (C=O) groups is 3. The zero-order valence-corrected chi connectivity index (χ0v) is 15.2. The van der Waals surface area contributed by atoms with E-state index in [2.05, 4.69) is 10.6 Å². The molecule has 0 aliphatic carbocycles. The molecule has 1 atom stereocenters. The third kappa shape index (κ3) is 4.63. The number of amides is 4. The van der Waals surface area contributed by atoms with Crippen molar-refractivity contribution >= 4 is 23.5 Å². The second-order valence-electron chi connectivity index (χ2n) is 6.40. The Morgan fingerprint density at radius 3 is 2.63 bits per heavy atom. The van der Waals surface area contributed by atoms with Crippen LogP contribution in [-0.2, 0) is 16.1 Å². The molecule has 140 valence electrons. The number of rotatable bonds is 6. The Hall–Kier alpha value is -3.35. The van der Waals surface area contributed by atoms with Crippen molar-refractivity contribution in [3.05, 3.63) is 59.7 Å². The van der Waals surface area contributed by atoms with Crippen LogP contribution in [0.4, 0.5) is 10.5 Å². The second kappa shape index (κ2) is 7.90. The number of urea groups is 1. The maximum atomic E-state index is 12.4. The van der Waals surface area contributed by atoms with Gasteiger partial charge in [0.05, 0.1) is 13.1 Å². The topological polar surface area (TPSA) is 87.7 Å². The zero-order valence-electron chi connectivity index (χ0n) is 15.2. The largest absolute Gasteiger partial charge is 0.481 e. The van der Waals surface area contributed by atoms with Crippen molar-refractivity contribution in [3.8, 4) is 5.75 Å². The zero-order chi connectivity index (χ0) is 19.4. The molecule has 1 aliphatic heterocycles. The lowest BCUT2D eigenvalue weighted by atomic mass is 10.2. The van der Waals surface area contributed by atoms with Gasteiger partial charge in [-0.2, -0.15) is 0 Å². The Morgan fingerprint density at radius 1 is 1.22 bits per heavy atom. The first-order valence-corrected chi connectivity index (χ1v) is 8.64. The van der Waals surface area contributed by atoms with Gasteiger partial charge in [-0.05, 0) is 43.7 Å². The van der Waals surface area contributed by atoms with Crippen LogP contribution >= 0.6 is 0 Å². The summed E-state index contributed by atoms with van der Waals surface area (Å²) < 4.78 is 5.65. The summed E-state index contributed by atoms with van der Waals surface area (Å²) in [6, 6.07) is 14.1. The number of nitrogens with one attached hydrogen (secondary N) is 2. The van der Waals surface area contributed by atoms with Crippen LogP contribution < -0.4 is 15.4 Å². The molecule has 1 fully saturated rings. The molecule has 0 bridgehead atoms. The predicted molar refractivity (Wildman–Crippen MR) is 100 cm³/mol. The molecule has 1 unspecified atom stereocenters. The molecule has 27 heavy (non-hydrogen) atoms. The predicted octanol–water partition coefficient (Wildman–Crippen LogP) is 2.45. The maximum absolute atomic E-state index is 12.4. The summed E-state index contributed by atoms with van der Waals surface area (Å²) >= 11 is 0. The van der Waals surface area contributed by atoms with Crippen LogP contribution in [0.15, 0.2) is 48.5 Å². The summed E-state index contributed by atoms with van der Waals surface area (Å²) in [5.74, 6) is 0.0628. The first-order valence-electron chi connectivity index (χ1n) is 8.64. The normalized spacial score (nSPS) is 14.7. The van der Waals surface area contributed by atoms with Crippen LogP contribution in [-0.4, -0.2) is 35.4 Å². The van der Waals surface area contributed by atoms with Gasteiger partial charge in [0.15, 0.2) is 6.10 Å². The molecule has 1 saturated heterocycles. The van der Waals surface area contributed by atoms with Gasteiger partial charge < -0.3 is 15.4 Å². The molecular weight excluding hydrogens is 346 g/mol. The molecule has 0 radical (unpaired) electrons. The Labute approximate surface area is 157 Å². The highest BCUT2D eigenvalue weighted by Crippen LogP contribution is 2.17. The van der Waals surface area contributed by atoms with Gasteiger partial charge in [0.2, 0.25) is 5.91 Å². The van der Waals surface area contributed by atoms with Crippen molar-refractivity contribution in [2.75, 3.05) is 11.9 Å². The lowest BCUT2D eigenvalue weighted by molar-refractivity contribution is -0.125.